The van der Waals surface area contributed by atoms with Gasteiger partial charge in [-0.05, 0) is 60.9 Å². The lowest BCUT2D eigenvalue weighted by molar-refractivity contribution is -0.123. The van der Waals surface area contributed by atoms with Gasteiger partial charge in [0.25, 0.3) is 5.91 Å². The Morgan fingerprint density at radius 2 is 1.69 bits per heavy atom. The van der Waals surface area contributed by atoms with Crippen LogP contribution in [0.5, 0.6) is 5.75 Å². The standard InChI is InChI=1S/C26H28N2O4/c1-4-7-25(30)28-22-12-13-24(23(15-22)18(3)29)32-16-26(31)27-17(2)20-11-10-19-8-5-6-9-21(19)14-20/h5-6,8-15,17H,4,7,16H2,1-3H3,(H,27,31)(H,28,30)/t17-/m1/s1. The summed E-state index contributed by atoms with van der Waals surface area (Å²) >= 11 is 0. The number of carbonyl (C=O) groups excluding carboxylic acids is 3. The first-order valence-electron chi connectivity index (χ1n) is 10.7. The van der Waals surface area contributed by atoms with Crippen molar-refractivity contribution in [1.29, 1.82) is 0 Å². The number of ether oxygens (including phenoxy) is 1. The van der Waals surface area contributed by atoms with Crippen molar-refractivity contribution in [2.24, 2.45) is 0 Å². The van der Waals surface area contributed by atoms with Crippen molar-refractivity contribution >= 4 is 34.1 Å². The van der Waals surface area contributed by atoms with Crippen LogP contribution < -0.4 is 15.4 Å². The number of hydrogen-bond donors (Lipinski definition) is 2. The van der Waals surface area contributed by atoms with Crippen LogP contribution in [-0.4, -0.2) is 24.2 Å². The highest BCUT2D eigenvalue weighted by Gasteiger charge is 2.15. The lowest BCUT2D eigenvalue weighted by Crippen LogP contribution is -2.31. The molecule has 3 rings (SSSR count). The summed E-state index contributed by atoms with van der Waals surface area (Å²) in [4.78, 5) is 36.3. The lowest BCUT2D eigenvalue weighted by Gasteiger charge is -2.16. The molecule has 0 saturated heterocycles. The van der Waals surface area contributed by atoms with Crippen LogP contribution in [-0.2, 0) is 9.59 Å². The van der Waals surface area contributed by atoms with Crippen molar-refractivity contribution in [3.63, 3.8) is 0 Å². The highest BCUT2D eigenvalue weighted by Crippen LogP contribution is 2.24. The zero-order valence-corrected chi connectivity index (χ0v) is 18.6. The molecule has 6 nitrogen and oxygen atoms in total. The van der Waals surface area contributed by atoms with Crippen LogP contribution in [0.25, 0.3) is 10.8 Å². The summed E-state index contributed by atoms with van der Waals surface area (Å²) in [7, 11) is 0. The SMILES string of the molecule is CCCC(=O)Nc1ccc(OCC(=O)N[C@H](C)c2ccc3ccccc3c2)c(C(C)=O)c1. The molecule has 1 atom stereocenters. The Bertz CT molecular complexity index is 1140. The van der Waals surface area contributed by atoms with Crippen LogP contribution in [0, 0.1) is 0 Å². The number of anilines is 1. The smallest absolute Gasteiger partial charge is 0.258 e. The van der Waals surface area contributed by atoms with Crippen LogP contribution in [0.15, 0.2) is 60.7 Å². The monoisotopic (exact) mass is 432 g/mol. The van der Waals surface area contributed by atoms with Crippen molar-refractivity contribution in [3.8, 4) is 5.75 Å². The first-order chi connectivity index (χ1) is 15.4. The number of ketones is 1. The summed E-state index contributed by atoms with van der Waals surface area (Å²) in [6.07, 6.45) is 1.14. The number of amides is 2. The van der Waals surface area contributed by atoms with Gasteiger partial charge >= 0.3 is 0 Å². The van der Waals surface area contributed by atoms with Crippen molar-refractivity contribution < 1.29 is 19.1 Å². The predicted molar refractivity (Wildman–Crippen MR) is 126 cm³/mol. The van der Waals surface area contributed by atoms with E-state index >= 15 is 0 Å². The minimum Gasteiger partial charge on any atom is -0.483 e. The van der Waals surface area contributed by atoms with E-state index in [4.69, 9.17) is 4.74 Å². The lowest BCUT2D eigenvalue weighted by atomic mass is 10.0. The molecular formula is C26H28N2O4. The van der Waals surface area contributed by atoms with Gasteiger partial charge in [0.2, 0.25) is 5.91 Å². The van der Waals surface area contributed by atoms with Crippen LogP contribution in [0.1, 0.15) is 55.6 Å². The van der Waals surface area contributed by atoms with E-state index in [1.807, 2.05) is 50.2 Å². The van der Waals surface area contributed by atoms with Gasteiger partial charge in [0.05, 0.1) is 11.6 Å². The van der Waals surface area contributed by atoms with Gasteiger partial charge in [0.15, 0.2) is 12.4 Å². The Morgan fingerprint density at radius 3 is 2.41 bits per heavy atom. The highest BCUT2D eigenvalue weighted by molar-refractivity contribution is 5.99. The van der Waals surface area contributed by atoms with E-state index in [-0.39, 0.29) is 30.2 Å². The molecule has 0 aliphatic rings. The molecule has 3 aromatic rings. The van der Waals surface area contributed by atoms with Gasteiger partial charge < -0.3 is 15.4 Å². The molecule has 3 aromatic carbocycles. The molecule has 0 aromatic heterocycles. The largest absolute Gasteiger partial charge is 0.483 e. The second kappa shape index (κ2) is 10.6. The molecule has 6 heteroatoms. The number of fused-ring (bicyclic) bond motifs is 1. The van der Waals surface area contributed by atoms with Crippen LogP contribution in [0.2, 0.25) is 0 Å². The maximum atomic E-state index is 12.5. The van der Waals surface area contributed by atoms with Gasteiger partial charge in [-0.25, -0.2) is 0 Å². The van der Waals surface area contributed by atoms with Crippen molar-refractivity contribution in [2.45, 2.75) is 39.7 Å². The maximum absolute atomic E-state index is 12.5. The van der Waals surface area contributed by atoms with Gasteiger partial charge in [-0.2, -0.15) is 0 Å². The molecule has 166 valence electrons. The van der Waals surface area contributed by atoms with Gasteiger partial charge in [0, 0.05) is 12.1 Å². The molecular weight excluding hydrogens is 404 g/mol. The molecule has 2 N–H and O–H groups in total. The predicted octanol–water partition coefficient (Wildman–Crippen LogP) is 5.04. The Labute approximate surface area is 188 Å². The fourth-order valence-corrected chi connectivity index (χ4v) is 3.45. The minimum absolute atomic E-state index is 0.113. The third-order valence-electron chi connectivity index (χ3n) is 5.13. The number of Topliss-reactive ketones (excluding diaryl/α,β-unsaturated/α-hetero) is 1. The van der Waals surface area contributed by atoms with E-state index < -0.39 is 0 Å². The Balaban J connectivity index is 1.62. The molecule has 32 heavy (non-hydrogen) atoms. The second-order valence-electron chi connectivity index (χ2n) is 7.75. The molecule has 0 saturated carbocycles. The molecule has 0 fully saturated rings. The molecule has 0 heterocycles. The maximum Gasteiger partial charge on any atom is 0.258 e. The van der Waals surface area contributed by atoms with Crippen molar-refractivity contribution in [3.05, 3.63) is 71.8 Å². The van der Waals surface area contributed by atoms with E-state index in [1.54, 1.807) is 18.2 Å². The van der Waals surface area contributed by atoms with Crippen LogP contribution >= 0.6 is 0 Å². The Morgan fingerprint density at radius 1 is 0.938 bits per heavy atom. The van der Waals surface area contributed by atoms with Gasteiger partial charge in [-0.1, -0.05) is 43.3 Å². The molecule has 0 aliphatic heterocycles. The first-order valence-corrected chi connectivity index (χ1v) is 10.7. The summed E-state index contributed by atoms with van der Waals surface area (Å²) < 4.78 is 5.63. The zero-order chi connectivity index (χ0) is 23.1. The van der Waals surface area contributed by atoms with Crippen molar-refractivity contribution in [2.75, 3.05) is 11.9 Å². The van der Waals surface area contributed by atoms with Gasteiger partial charge in [-0.3, -0.25) is 14.4 Å². The first kappa shape index (κ1) is 23.0. The summed E-state index contributed by atoms with van der Waals surface area (Å²) in [6.45, 7) is 5.03. The normalized spacial score (nSPS) is 11.6. The van der Waals surface area contributed by atoms with E-state index in [0.717, 1.165) is 22.8 Å². The highest BCUT2D eigenvalue weighted by atomic mass is 16.5. The van der Waals surface area contributed by atoms with Crippen LogP contribution in [0.4, 0.5) is 5.69 Å². The number of nitrogens with one attached hydrogen (secondary N) is 2. The summed E-state index contributed by atoms with van der Waals surface area (Å²) in [5.41, 5.74) is 1.83. The summed E-state index contributed by atoms with van der Waals surface area (Å²) in [5.74, 6) is -0.311. The molecule has 0 radical (unpaired) electrons. The average molecular weight is 433 g/mol. The van der Waals surface area contributed by atoms with Crippen molar-refractivity contribution in [1.82, 2.24) is 5.32 Å². The van der Waals surface area contributed by atoms with E-state index in [1.165, 1.54) is 6.92 Å². The van der Waals surface area contributed by atoms with E-state index in [9.17, 15) is 14.4 Å². The molecule has 0 aliphatic carbocycles. The zero-order valence-electron chi connectivity index (χ0n) is 18.6. The fraction of sp³-hybridized carbons (Fsp3) is 0.269. The number of rotatable bonds is 9. The Hall–Kier alpha value is -3.67. The molecule has 0 spiro atoms. The quantitative estimate of drug-likeness (QED) is 0.464. The fourth-order valence-electron chi connectivity index (χ4n) is 3.45. The van der Waals surface area contributed by atoms with Gasteiger partial charge in [-0.15, -0.1) is 0 Å². The third kappa shape index (κ3) is 5.94. The minimum atomic E-state index is -0.291. The Kier molecular flexibility index (Phi) is 7.60. The van der Waals surface area contributed by atoms with Gasteiger partial charge in [0.1, 0.15) is 5.75 Å². The summed E-state index contributed by atoms with van der Waals surface area (Å²) in [5, 5.41) is 7.94. The van der Waals surface area contributed by atoms with Crippen LogP contribution in [0.3, 0.4) is 0 Å². The number of hydrogen-bond acceptors (Lipinski definition) is 4. The molecule has 0 unspecified atom stereocenters. The second-order valence-corrected chi connectivity index (χ2v) is 7.75. The molecule has 0 bridgehead atoms. The van der Waals surface area contributed by atoms with E-state index in [0.29, 0.717) is 23.4 Å². The average Bonchev–Trinajstić information content (AvgIpc) is 2.77. The third-order valence-corrected chi connectivity index (χ3v) is 5.13. The number of benzene rings is 3. The number of carbonyl (C=O) groups is 3. The summed E-state index contributed by atoms with van der Waals surface area (Å²) in [6, 6.07) is 18.8. The topological polar surface area (TPSA) is 84.5 Å². The molecule has 2 amide bonds. The van der Waals surface area contributed by atoms with E-state index in [2.05, 4.69) is 16.7 Å².